The van der Waals surface area contributed by atoms with Gasteiger partial charge >= 0.3 is 0 Å². The van der Waals surface area contributed by atoms with Crippen molar-refractivity contribution in [2.45, 2.75) is 6.54 Å². The van der Waals surface area contributed by atoms with Gasteiger partial charge in [-0.2, -0.15) is 30.3 Å². The molecule has 0 bridgehead atoms. The number of rotatable bonds is 2. The Morgan fingerprint density at radius 3 is 2.55 bits per heavy atom. The SMILES string of the molecule is CN(C)Cc1[c-]cccc1.[Pd]. The van der Waals surface area contributed by atoms with Gasteiger partial charge in [0.15, 0.2) is 0 Å². The second kappa shape index (κ2) is 5.49. The van der Waals surface area contributed by atoms with Gasteiger partial charge in [-0.05, 0) is 14.1 Å². The number of benzene rings is 1. The standard InChI is InChI=1S/C9H12N.Pd/c1-10(2)8-9-6-4-3-5-7-9;/h3-6H,8H2,1-2H3;/q-1;. The van der Waals surface area contributed by atoms with Gasteiger partial charge in [0.05, 0.1) is 0 Å². The van der Waals surface area contributed by atoms with Crippen molar-refractivity contribution >= 4 is 0 Å². The van der Waals surface area contributed by atoms with E-state index in [9.17, 15) is 0 Å². The molecule has 1 rings (SSSR count). The van der Waals surface area contributed by atoms with Crippen molar-refractivity contribution in [3.63, 3.8) is 0 Å². The molecular formula is C9H12NPd-. The van der Waals surface area contributed by atoms with Gasteiger partial charge in [-0.3, -0.25) is 0 Å². The third-order valence-corrected chi connectivity index (χ3v) is 1.26. The summed E-state index contributed by atoms with van der Waals surface area (Å²) in [5.74, 6) is 0. The molecule has 0 spiro atoms. The summed E-state index contributed by atoms with van der Waals surface area (Å²) in [4.78, 5) is 2.13. The van der Waals surface area contributed by atoms with Crippen molar-refractivity contribution in [3.05, 3.63) is 35.9 Å². The zero-order valence-electron chi connectivity index (χ0n) is 6.78. The van der Waals surface area contributed by atoms with E-state index >= 15 is 0 Å². The first-order valence-corrected chi connectivity index (χ1v) is 3.39. The van der Waals surface area contributed by atoms with Crippen LogP contribution in [0.1, 0.15) is 5.56 Å². The van der Waals surface area contributed by atoms with Crippen molar-refractivity contribution < 1.29 is 20.4 Å². The predicted molar refractivity (Wildman–Crippen MR) is 42.7 cm³/mol. The topological polar surface area (TPSA) is 3.24 Å². The molecular weight excluding hydrogens is 229 g/mol. The fourth-order valence-electron chi connectivity index (χ4n) is 0.870. The van der Waals surface area contributed by atoms with Crippen LogP contribution >= 0.6 is 0 Å². The quantitative estimate of drug-likeness (QED) is 0.560. The summed E-state index contributed by atoms with van der Waals surface area (Å²) in [5, 5.41) is 0. The summed E-state index contributed by atoms with van der Waals surface area (Å²) in [7, 11) is 4.11. The van der Waals surface area contributed by atoms with Crippen LogP contribution in [0, 0.1) is 6.07 Å². The Balaban J connectivity index is 0.000001000. The Morgan fingerprint density at radius 1 is 1.36 bits per heavy atom. The normalized spacial score (nSPS) is 9.36. The van der Waals surface area contributed by atoms with Crippen LogP contribution in [0.2, 0.25) is 0 Å². The van der Waals surface area contributed by atoms with E-state index in [0.29, 0.717) is 0 Å². The summed E-state index contributed by atoms with van der Waals surface area (Å²) in [6.07, 6.45) is 0. The summed E-state index contributed by atoms with van der Waals surface area (Å²) in [5.41, 5.74) is 1.24. The van der Waals surface area contributed by atoms with Gasteiger partial charge in [0.1, 0.15) is 0 Å². The van der Waals surface area contributed by atoms with E-state index in [-0.39, 0.29) is 20.4 Å². The summed E-state index contributed by atoms with van der Waals surface area (Å²) < 4.78 is 0. The largest absolute Gasteiger partial charge is 0.307 e. The van der Waals surface area contributed by atoms with Crippen LogP contribution in [0.4, 0.5) is 0 Å². The first kappa shape index (κ1) is 10.8. The molecule has 0 radical (unpaired) electrons. The van der Waals surface area contributed by atoms with Gasteiger partial charge in [-0.1, -0.05) is 0 Å². The molecule has 1 aromatic carbocycles. The predicted octanol–water partition coefficient (Wildman–Crippen LogP) is 1.55. The molecule has 1 nitrogen and oxygen atoms in total. The van der Waals surface area contributed by atoms with Crippen molar-refractivity contribution in [2.24, 2.45) is 0 Å². The average Bonchev–Trinajstić information content (AvgIpc) is 1.88. The number of hydrogen-bond donors (Lipinski definition) is 0. The molecule has 11 heavy (non-hydrogen) atoms. The van der Waals surface area contributed by atoms with E-state index in [1.807, 2.05) is 18.2 Å². The average molecular weight is 241 g/mol. The minimum absolute atomic E-state index is 0. The van der Waals surface area contributed by atoms with E-state index in [0.717, 1.165) is 6.54 Å². The molecule has 0 saturated carbocycles. The maximum Gasteiger partial charge on any atom is 0.000120 e. The minimum Gasteiger partial charge on any atom is -0.307 e. The van der Waals surface area contributed by atoms with Gasteiger partial charge in [-0.15, -0.1) is 5.56 Å². The zero-order chi connectivity index (χ0) is 7.40. The van der Waals surface area contributed by atoms with E-state index < -0.39 is 0 Å². The maximum atomic E-state index is 3.16. The Bertz CT molecular complexity index is 184. The fraction of sp³-hybridized carbons (Fsp3) is 0.333. The molecule has 0 N–H and O–H groups in total. The smallest absolute Gasteiger partial charge is 0.000120 e. The maximum absolute atomic E-state index is 3.16. The monoisotopic (exact) mass is 240 g/mol. The molecule has 0 aliphatic rings. The van der Waals surface area contributed by atoms with Crippen LogP contribution in [0.25, 0.3) is 0 Å². The molecule has 1 aromatic rings. The van der Waals surface area contributed by atoms with Gasteiger partial charge < -0.3 is 4.90 Å². The summed E-state index contributed by atoms with van der Waals surface area (Å²) in [6, 6.07) is 11.2. The first-order chi connectivity index (χ1) is 4.79. The molecule has 0 unspecified atom stereocenters. The van der Waals surface area contributed by atoms with Crippen molar-refractivity contribution in [2.75, 3.05) is 14.1 Å². The third kappa shape index (κ3) is 4.32. The van der Waals surface area contributed by atoms with E-state index in [4.69, 9.17) is 0 Å². The minimum atomic E-state index is 0. The van der Waals surface area contributed by atoms with E-state index in [2.05, 4.69) is 31.1 Å². The third-order valence-electron chi connectivity index (χ3n) is 1.26. The van der Waals surface area contributed by atoms with Crippen LogP contribution in [0.3, 0.4) is 0 Å². The Labute approximate surface area is 82.1 Å². The van der Waals surface area contributed by atoms with Gasteiger partial charge in [0.2, 0.25) is 0 Å². The van der Waals surface area contributed by atoms with Crippen LogP contribution in [-0.2, 0) is 27.0 Å². The Kier molecular flexibility index (Phi) is 5.41. The molecule has 0 aliphatic carbocycles. The van der Waals surface area contributed by atoms with Gasteiger partial charge in [0, 0.05) is 27.0 Å². The van der Waals surface area contributed by atoms with Crippen molar-refractivity contribution in [1.29, 1.82) is 0 Å². The first-order valence-electron chi connectivity index (χ1n) is 3.39. The van der Waals surface area contributed by atoms with E-state index in [1.165, 1.54) is 5.56 Å². The van der Waals surface area contributed by atoms with Crippen molar-refractivity contribution in [3.8, 4) is 0 Å². The van der Waals surface area contributed by atoms with Crippen molar-refractivity contribution in [1.82, 2.24) is 4.90 Å². The molecule has 0 atom stereocenters. The van der Waals surface area contributed by atoms with Crippen LogP contribution < -0.4 is 0 Å². The van der Waals surface area contributed by atoms with E-state index in [1.54, 1.807) is 0 Å². The van der Waals surface area contributed by atoms with Gasteiger partial charge in [-0.25, -0.2) is 0 Å². The molecule has 0 aliphatic heterocycles. The Hall–Kier alpha value is -0.158. The molecule has 0 amide bonds. The fourth-order valence-corrected chi connectivity index (χ4v) is 0.870. The van der Waals surface area contributed by atoms with Crippen LogP contribution in [-0.4, -0.2) is 19.0 Å². The van der Waals surface area contributed by atoms with Crippen LogP contribution in [0.15, 0.2) is 24.3 Å². The van der Waals surface area contributed by atoms with Gasteiger partial charge in [0.25, 0.3) is 0 Å². The molecule has 64 valence electrons. The summed E-state index contributed by atoms with van der Waals surface area (Å²) >= 11 is 0. The molecule has 0 saturated heterocycles. The summed E-state index contributed by atoms with van der Waals surface area (Å²) in [6.45, 7) is 0.973. The molecule has 2 heteroatoms. The second-order valence-electron chi connectivity index (χ2n) is 2.63. The second-order valence-corrected chi connectivity index (χ2v) is 2.63. The number of hydrogen-bond acceptors (Lipinski definition) is 1. The molecule has 0 heterocycles. The van der Waals surface area contributed by atoms with Crippen LogP contribution in [0.5, 0.6) is 0 Å². The zero-order valence-corrected chi connectivity index (χ0v) is 8.33. The molecule has 0 aromatic heterocycles. The Morgan fingerprint density at radius 2 is 2.09 bits per heavy atom. The number of nitrogens with zero attached hydrogens (tertiary/aromatic N) is 1. The molecule has 0 fully saturated rings.